The Hall–Kier alpha value is -2.96. The Bertz CT molecular complexity index is 850. The number of hydrogen-bond acceptors (Lipinski definition) is 3. The third kappa shape index (κ3) is 3.51. The van der Waals surface area contributed by atoms with E-state index in [2.05, 4.69) is 10.6 Å². The zero-order valence-electron chi connectivity index (χ0n) is 14.1. The average molecular weight is 360 g/mol. The molecule has 1 aliphatic rings. The van der Waals surface area contributed by atoms with Crippen molar-refractivity contribution in [3.8, 4) is 5.75 Å². The summed E-state index contributed by atoms with van der Waals surface area (Å²) in [5.74, 6) is -2.23. The number of rotatable bonds is 6. The second kappa shape index (κ2) is 7.11. The van der Waals surface area contributed by atoms with Gasteiger partial charge < -0.3 is 15.4 Å². The highest BCUT2D eigenvalue weighted by Gasteiger charge is 2.56. The van der Waals surface area contributed by atoms with Gasteiger partial charge in [-0.2, -0.15) is 0 Å². The van der Waals surface area contributed by atoms with Crippen LogP contribution in [0.1, 0.15) is 19.8 Å². The number of carbonyl (C=O) groups excluding carboxylic acids is 2. The first-order chi connectivity index (χ1) is 12.5. The van der Waals surface area contributed by atoms with E-state index in [-0.39, 0.29) is 5.69 Å². The van der Waals surface area contributed by atoms with Gasteiger partial charge in [-0.05, 0) is 44.0 Å². The zero-order chi connectivity index (χ0) is 18.7. The van der Waals surface area contributed by atoms with Crippen LogP contribution in [0.3, 0.4) is 0 Å². The van der Waals surface area contributed by atoms with E-state index in [4.69, 9.17) is 4.74 Å². The minimum atomic E-state index is -1.26. The summed E-state index contributed by atoms with van der Waals surface area (Å²) in [6.07, 6.45) is 0.703. The van der Waals surface area contributed by atoms with Crippen molar-refractivity contribution in [1.29, 1.82) is 0 Å². The topological polar surface area (TPSA) is 67.4 Å². The summed E-state index contributed by atoms with van der Waals surface area (Å²) in [7, 11) is 0. The first kappa shape index (κ1) is 17.8. The predicted molar refractivity (Wildman–Crippen MR) is 92.9 cm³/mol. The summed E-state index contributed by atoms with van der Waals surface area (Å²) < 4.78 is 32.2. The molecule has 0 unspecified atom stereocenters. The number of nitrogens with one attached hydrogen (secondary N) is 2. The number of benzene rings is 2. The average Bonchev–Trinajstić information content (AvgIpc) is 3.41. The molecule has 2 aromatic rings. The highest BCUT2D eigenvalue weighted by Crippen LogP contribution is 2.48. The molecule has 2 amide bonds. The highest BCUT2D eigenvalue weighted by atomic mass is 19.1. The van der Waals surface area contributed by atoms with Crippen molar-refractivity contribution in [3.63, 3.8) is 0 Å². The predicted octanol–water partition coefficient (Wildman–Crippen LogP) is 3.72. The van der Waals surface area contributed by atoms with Gasteiger partial charge in [-0.1, -0.05) is 12.1 Å². The van der Waals surface area contributed by atoms with Crippen LogP contribution in [-0.4, -0.2) is 18.4 Å². The van der Waals surface area contributed by atoms with Crippen molar-refractivity contribution in [2.24, 2.45) is 5.41 Å². The van der Waals surface area contributed by atoms with Gasteiger partial charge in [0.2, 0.25) is 11.8 Å². The van der Waals surface area contributed by atoms with Gasteiger partial charge in [0.15, 0.2) is 0 Å². The quantitative estimate of drug-likeness (QED) is 0.772. The molecule has 2 aromatic carbocycles. The van der Waals surface area contributed by atoms with Gasteiger partial charge in [-0.3, -0.25) is 9.59 Å². The number of amides is 2. The Morgan fingerprint density at radius 2 is 1.69 bits per heavy atom. The van der Waals surface area contributed by atoms with E-state index in [1.807, 2.05) is 6.92 Å². The van der Waals surface area contributed by atoms with Crippen LogP contribution >= 0.6 is 0 Å². The van der Waals surface area contributed by atoms with Crippen molar-refractivity contribution in [2.45, 2.75) is 19.8 Å². The lowest BCUT2D eigenvalue weighted by Gasteiger charge is -2.17. The van der Waals surface area contributed by atoms with Gasteiger partial charge in [-0.25, -0.2) is 8.78 Å². The molecule has 7 heteroatoms. The Morgan fingerprint density at radius 3 is 2.31 bits per heavy atom. The molecule has 1 saturated carbocycles. The van der Waals surface area contributed by atoms with E-state index < -0.39 is 28.9 Å². The molecule has 0 aliphatic heterocycles. The maximum absolute atomic E-state index is 13.7. The molecule has 0 aromatic heterocycles. The van der Waals surface area contributed by atoms with Crippen molar-refractivity contribution in [1.82, 2.24) is 0 Å². The van der Waals surface area contributed by atoms with Crippen LogP contribution in [0.25, 0.3) is 0 Å². The lowest BCUT2D eigenvalue weighted by Crippen LogP contribution is -2.36. The van der Waals surface area contributed by atoms with Crippen LogP contribution < -0.4 is 15.4 Å². The monoisotopic (exact) mass is 360 g/mol. The Morgan fingerprint density at radius 1 is 1.04 bits per heavy atom. The van der Waals surface area contributed by atoms with Crippen LogP contribution in [0.4, 0.5) is 20.2 Å². The summed E-state index contributed by atoms with van der Waals surface area (Å²) in [4.78, 5) is 25.2. The van der Waals surface area contributed by atoms with Crippen LogP contribution in [0, 0.1) is 17.0 Å². The van der Waals surface area contributed by atoms with E-state index in [0.717, 1.165) is 12.1 Å². The fraction of sp³-hybridized carbons (Fsp3) is 0.263. The minimum Gasteiger partial charge on any atom is -0.492 e. The van der Waals surface area contributed by atoms with Crippen molar-refractivity contribution >= 4 is 23.2 Å². The highest BCUT2D eigenvalue weighted by molar-refractivity contribution is 6.17. The maximum atomic E-state index is 13.7. The largest absolute Gasteiger partial charge is 0.492 e. The molecule has 0 heterocycles. The van der Waals surface area contributed by atoms with Gasteiger partial charge in [0, 0.05) is 6.07 Å². The molecule has 26 heavy (non-hydrogen) atoms. The summed E-state index contributed by atoms with van der Waals surface area (Å²) in [6.45, 7) is 2.26. The second-order valence-corrected chi connectivity index (χ2v) is 6.04. The van der Waals surface area contributed by atoms with Crippen molar-refractivity contribution in [2.75, 3.05) is 17.2 Å². The molecule has 0 atom stereocenters. The molecule has 3 rings (SSSR count). The van der Waals surface area contributed by atoms with Gasteiger partial charge in [-0.15, -0.1) is 0 Å². The number of anilines is 2. The van der Waals surface area contributed by atoms with Crippen LogP contribution in [0.5, 0.6) is 5.75 Å². The van der Waals surface area contributed by atoms with Gasteiger partial charge in [0.05, 0.1) is 18.0 Å². The molecule has 0 radical (unpaired) electrons. The molecule has 0 spiro atoms. The molecule has 1 aliphatic carbocycles. The fourth-order valence-corrected chi connectivity index (χ4v) is 2.61. The number of para-hydroxylation sites is 2. The summed E-state index contributed by atoms with van der Waals surface area (Å²) in [5, 5.41) is 5.08. The zero-order valence-corrected chi connectivity index (χ0v) is 14.1. The van der Waals surface area contributed by atoms with Crippen LogP contribution in [0.15, 0.2) is 42.5 Å². The molecule has 0 bridgehead atoms. The minimum absolute atomic E-state index is 0.162. The van der Waals surface area contributed by atoms with E-state index in [1.54, 1.807) is 24.3 Å². The van der Waals surface area contributed by atoms with Crippen LogP contribution in [-0.2, 0) is 9.59 Å². The maximum Gasteiger partial charge on any atom is 0.240 e. The lowest BCUT2D eigenvalue weighted by molar-refractivity contribution is -0.131. The van der Waals surface area contributed by atoms with Crippen LogP contribution in [0.2, 0.25) is 0 Å². The Labute approximate surface area is 149 Å². The molecule has 1 fully saturated rings. The normalized spacial score (nSPS) is 14.4. The second-order valence-electron chi connectivity index (χ2n) is 6.04. The van der Waals surface area contributed by atoms with Crippen molar-refractivity contribution < 1.29 is 23.1 Å². The van der Waals surface area contributed by atoms with Crippen molar-refractivity contribution in [3.05, 3.63) is 54.1 Å². The Balaban J connectivity index is 1.74. The molecular formula is C19H18F2N2O3. The number of hydrogen-bond donors (Lipinski definition) is 2. The molecular weight excluding hydrogens is 342 g/mol. The van der Waals surface area contributed by atoms with E-state index in [0.29, 0.717) is 37.0 Å². The third-order valence-electron chi connectivity index (χ3n) is 4.23. The van der Waals surface area contributed by atoms with Gasteiger partial charge >= 0.3 is 0 Å². The SMILES string of the molecule is CCOc1ccccc1NC(=O)C1(C(=O)Nc2ccc(F)cc2F)CC1. The number of halogens is 2. The number of carbonyl (C=O) groups is 2. The standard InChI is InChI=1S/C19H18F2N2O3/c1-2-26-16-6-4-3-5-15(16)23-18(25)19(9-10-19)17(24)22-14-8-7-12(20)11-13(14)21/h3-8,11H,2,9-10H2,1H3,(H,22,24)(H,23,25). The molecule has 5 nitrogen and oxygen atoms in total. The third-order valence-corrected chi connectivity index (χ3v) is 4.23. The fourth-order valence-electron chi connectivity index (χ4n) is 2.61. The lowest BCUT2D eigenvalue weighted by atomic mass is 10.0. The molecule has 2 N–H and O–H groups in total. The van der Waals surface area contributed by atoms with Gasteiger partial charge in [0.1, 0.15) is 22.8 Å². The van der Waals surface area contributed by atoms with E-state index >= 15 is 0 Å². The number of ether oxygens (including phenoxy) is 1. The summed E-state index contributed by atoms with van der Waals surface area (Å²) in [6, 6.07) is 9.75. The first-order valence-electron chi connectivity index (χ1n) is 8.26. The summed E-state index contributed by atoms with van der Waals surface area (Å²) >= 11 is 0. The molecule has 0 saturated heterocycles. The Kier molecular flexibility index (Phi) is 4.88. The van der Waals surface area contributed by atoms with E-state index in [9.17, 15) is 18.4 Å². The van der Waals surface area contributed by atoms with E-state index in [1.165, 1.54) is 0 Å². The smallest absolute Gasteiger partial charge is 0.240 e. The first-order valence-corrected chi connectivity index (χ1v) is 8.26. The van der Waals surface area contributed by atoms with Gasteiger partial charge in [0.25, 0.3) is 0 Å². The molecule has 136 valence electrons. The summed E-state index contributed by atoms with van der Waals surface area (Å²) in [5.41, 5.74) is -0.961.